The van der Waals surface area contributed by atoms with E-state index in [1.165, 1.54) is 0 Å². The lowest BCUT2D eigenvalue weighted by Crippen LogP contribution is -2.47. The summed E-state index contributed by atoms with van der Waals surface area (Å²) in [5, 5.41) is 3.68. The first-order valence-electron chi connectivity index (χ1n) is 6.45. The highest BCUT2D eigenvalue weighted by molar-refractivity contribution is 4.97. The molecule has 96 valence electrons. The first kappa shape index (κ1) is 14.0. The molecule has 1 fully saturated rings. The molecule has 0 aliphatic carbocycles. The monoisotopic (exact) mass is 227 g/mol. The third kappa shape index (κ3) is 2.98. The lowest BCUT2D eigenvalue weighted by molar-refractivity contribution is -0.0437. The Balaban J connectivity index is 2.85. The van der Waals surface area contributed by atoms with Gasteiger partial charge in [0.1, 0.15) is 6.23 Å². The van der Waals surface area contributed by atoms with Gasteiger partial charge in [0.25, 0.3) is 0 Å². The van der Waals surface area contributed by atoms with Crippen LogP contribution in [-0.2, 0) is 4.74 Å². The second kappa shape index (κ2) is 4.30. The maximum Gasteiger partial charge on any atom is 0.113 e. The van der Waals surface area contributed by atoms with Crippen molar-refractivity contribution in [3.05, 3.63) is 0 Å². The summed E-state index contributed by atoms with van der Waals surface area (Å²) in [6.45, 7) is 18.0. The molecule has 0 radical (unpaired) electrons. The Labute approximate surface area is 101 Å². The van der Waals surface area contributed by atoms with Gasteiger partial charge in [-0.15, -0.1) is 0 Å². The summed E-state index contributed by atoms with van der Waals surface area (Å²) in [6, 6.07) is 0.441. The zero-order valence-electron chi connectivity index (χ0n) is 12.2. The fourth-order valence-electron chi connectivity index (χ4n) is 2.27. The highest BCUT2D eigenvalue weighted by Crippen LogP contribution is 2.36. The van der Waals surface area contributed by atoms with E-state index in [9.17, 15) is 0 Å². The molecule has 0 saturated carbocycles. The van der Waals surface area contributed by atoms with Crippen LogP contribution in [0.1, 0.15) is 55.4 Å². The average Bonchev–Trinajstić information content (AvgIpc) is 2.44. The molecule has 1 rings (SSSR count). The Bertz CT molecular complexity index is 234. The van der Waals surface area contributed by atoms with Crippen LogP contribution in [0.5, 0.6) is 0 Å². The van der Waals surface area contributed by atoms with Crippen LogP contribution in [0.25, 0.3) is 0 Å². The van der Waals surface area contributed by atoms with Crippen LogP contribution in [-0.4, -0.2) is 18.4 Å². The summed E-state index contributed by atoms with van der Waals surface area (Å²) in [6.07, 6.45) is 0.494. The molecule has 0 spiro atoms. The van der Waals surface area contributed by atoms with E-state index in [0.29, 0.717) is 18.1 Å². The molecule has 2 nitrogen and oxygen atoms in total. The third-order valence-electron chi connectivity index (χ3n) is 3.33. The van der Waals surface area contributed by atoms with Crippen LogP contribution in [0.15, 0.2) is 0 Å². The number of ether oxygens (including phenoxy) is 1. The summed E-state index contributed by atoms with van der Waals surface area (Å²) >= 11 is 0. The predicted molar refractivity (Wildman–Crippen MR) is 69.3 cm³/mol. The summed E-state index contributed by atoms with van der Waals surface area (Å²) < 4.78 is 6.22. The lowest BCUT2D eigenvalue weighted by atomic mass is 9.80. The molecule has 0 bridgehead atoms. The fourth-order valence-corrected chi connectivity index (χ4v) is 2.27. The van der Waals surface area contributed by atoms with Crippen LogP contribution in [0.4, 0.5) is 0 Å². The first-order valence-corrected chi connectivity index (χ1v) is 6.45. The summed E-state index contributed by atoms with van der Waals surface area (Å²) in [4.78, 5) is 0. The number of hydrogen-bond donors (Lipinski definition) is 1. The van der Waals surface area contributed by atoms with Crippen molar-refractivity contribution in [1.82, 2.24) is 5.32 Å². The average molecular weight is 227 g/mol. The Kier molecular flexibility index (Phi) is 3.76. The van der Waals surface area contributed by atoms with E-state index in [1.54, 1.807) is 0 Å². The molecule has 1 saturated heterocycles. The zero-order chi connectivity index (χ0) is 12.7. The topological polar surface area (TPSA) is 21.3 Å². The molecule has 2 heteroatoms. The van der Waals surface area contributed by atoms with Gasteiger partial charge in [-0.05, 0) is 11.3 Å². The van der Waals surface area contributed by atoms with E-state index in [2.05, 4.69) is 60.7 Å². The summed E-state index contributed by atoms with van der Waals surface area (Å²) in [7, 11) is 0. The quantitative estimate of drug-likeness (QED) is 0.741. The van der Waals surface area contributed by atoms with Gasteiger partial charge < -0.3 is 4.74 Å². The molecule has 0 aromatic rings. The van der Waals surface area contributed by atoms with Gasteiger partial charge in [-0.2, -0.15) is 0 Å². The van der Waals surface area contributed by atoms with Crippen LogP contribution < -0.4 is 5.32 Å². The normalized spacial score (nSPS) is 32.4. The van der Waals surface area contributed by atoms with Crippen molar-refractivity contribution in [2.24, 2.45) is 16.7 Å². The highest BCUT2D eigenvalue weighted by atomic mass is 16.5. The van der Waals surface area contributed by atoms with Gasteiger partial charge in [-0.1, -0.05) is 55.4 Å². The maximum absolute atomic E-state index is 6.22. The molecular weight excluding hydrogens is 198 g/mol. The van der Waals surface area contributed by atoms with Crippen LogP contribution in [0.2, 0.25) is 0 Å². The molecule has 0 aromatic carbocycles. The molecule has 1 aliphatic heterocycles. The van der Waals surface area contributed by atoms with Gasteiger partial charge >= 0.3 is 0 Å². The molecule has 1 N–H and O–H groups in total. The van der Waals surface area contributed by atoms with E-state index >= 15 is 0 Å². The molecule has 3 unspecified atom stereocenters. The van der Waals surface area contributed by atoms with E-state index in [0.717, 1.165) is 0 Å². The Morgan fingerprint density at radius 2 is 1.44 bits per heavy atom. The lowest BCUT2D eigenvalue weighted by Gasteiger charge is -2.32. The van der Waals surface area contributed by atoms with Crippen molar-refractivity contribution in [2.75, 3.05) is 0 Å². The van der Waals surface area contributed by atoms with Crippen molar-refractivity contribution in [2.45, 2.75) is 73.8 Å². The SMILES string of the molecule is CC(C)C1OC(C(C)(C)C)NC1C(C)(C)C. The summed E-state index contributed by atoms with van der Waals surface area (Å²) in [5.41, 5.74) is 0.405. The second-order valence-electron chi connectivity index (χ2n) is 7.60. The van der Waals surface area contributed by atoms with E-state index < -0.39 is 0 Å². The van der Waals surface area contributed by atoms with Crippen molar-refractivity contribution in [3.8, 4) is 0 Å². The third-order valence-corrected chi connectivity index (χ3v) is 3.33. The minimum Gasteiger partial charge on any atom is -0.358 e. The molecule has 1 aliphatic rings. The molecule has 0 amide bonds. The van der Waals surface area contributed by atoms with Gasteiger partial charge in [-0.3, -0.25) is 5.32 Å². The number of nitrogens with one attached hydrogen (secondary N) is 1. The minimum atomic E-state index is 0.160. The van der Waals surface area contributed by atoms with E-state index in [4.69, 9.17) is 4.74 Å². The molecule has 3 atom stereocenters. The van der Waals surface area contributed by atoms with Crippen LogP contribution in [0.3, 0.4) is 0 Å². The zero-order valence-corrected chi connectivity index (χ0v) is 12.2. The molecular formula is C14H29NO. The summed E-state index contributed by atoms with van der Waals surface area (Å²) in [5.74, 6) is 0.559. The maximum atomic E-state index is 6.22. The van der Waals surface area contributed by atoms with Crippen molar-refractivity contribution < 1.29 is 4.74 Å². The standard InChI is InChI=1S/C14H29NO/c1-9(2)10-11(13(3,4)5)15-12(16-10)14(6,7)8/h9-12,15H,1-8H3. The second-order valence-corrected chi connectivity index (χ2v) is 7.60. The molecule has 0 aromatic heterocycles. The number of rotatable bonds is 1. The molecule has 16 heavy (non-hydrogen) atoms. The largest absolute Gasteiger partial charge is 0.358 e. The van der Waals surface area contributed by atoms with Crippen molar-refractivity contribution in [1.29, 1.82) is 0 Å². The predicted octanol–water partition coefficient (Wildman–Crippen LogP) is 3.42. The van der Waals surface area contributed by atoms with E-state index in [-0.39, 0.29) is 17.1 Å². The fraction of sp³-hybridized carbons (Fsp3) is 1.00. The van der Waals surface area contributed by atoms with Gasteiger partial charge in [0.2, 0.25) is 0 Å². The Hall–Kier alpha value is -0.0800. The van der Waals surface area contributed by atoms with Gasteiger partial charge in [0, 0.05) is 11.5 Å². The van der Waals surface area contributed by atoms with Crippen LogP contribution >= 0.6 is 0 Å². The van der Waals surface area contributed by atoms with E-state index in [1.807, 2.05) is 0 Å². The smallest absolute Gasteiger partial charge is 0.113 e. The Morgan fingerprint density at radius 3 is 1.69 bits per heavy atom. The van der Waals surface area contributed by atoms with Gasteiger partial charge in [0.05, 0.1) is 6.10 Å². The van der Waals surface area contributed by atoms with Gasteiger partial charge in [-0.25, -0.2) is 0 Å². The highest BCUT2D eigenvalue weighted by Gasteiger charge is 2.45. The van der Waals surface area contributed by atoms with Crippen LogP contribution in [0, 0.1) is 16.7 Å². The Morgan fingerprint density at radius 1 is 0.938 bits per heavy atom. The molecule has 1 heterocycles. The minimum absolute atomic E-state index is 0.160. The van der Waals surface area contributed by atoms with Crippen molar-refractivity contribution >= 4 is 0 Å². The number of hydrogen-bond acceptors (Lipinski definition) is 2. The van der Waals surface area contributed by atoms with Gasteiger partial charge in [0.15, 0.2) is 0 Å². The van der Waals surface area contributed by atoms with Crippen molar-refractivity contribution in [3.63, 3.8) is 0 Å². The first-order chi connectivity index (χ1) is 7.03.